The Morgan fingerprint density at radius 2 is 1.00 bits per heavy atom. The summed E-state index contributed by atoms with van der Waals surface area (Å²) in [6.45, 7) is 16.5. The smallest absolute Gasteiger partial charge is 0.303 e. The molecule has 2 fully saturated rings. The first-order valence-corrected chi connectivity index (χ1v) is 27.5. The second-order valence-corrected chi connectivity index (χ2v) is 20.9. The SMILES string of the molecule is CCOc1ccc(N2CC[C@@H](Oc3ccc([C@H](C)CC(=O)c4sc(NC(=O)CO)nc4C)cc3)C2)cc1.CCOc1ccc(N2CC[C@@H](Oc3ccc([C@H](C)CC(=O)c4sc(NC(=O)COC(C)=O)nc4C)cc3)C2)cc1. The van der Waals surface area contributed by atoms with Gasteiger partial charge in [0.2, 0.25) is 0 Å². The number of benzene rings is 4. The predicted octanol–water partition coefficient (Wildman–Crippen LogP) is 10.2. The highest BCUT2D eigenvalue weighted by atomic mass is 32.1. The van der Waals surface area contributed by atoms with Gasteiger partial charge in [0.25, 0.3) is 11.8 Å². The lowest BCUT2D eigenvalue weighted by Crippen LogP contribution is -2.24. The Bertz CT molecular complexity index is 2930. The Morgan fingerprint density at radius 3 is 1.38 bits per heavy atom. The van der Waals surface area contributed by atoms with Crippen molar-refractivity contribution in [1.82, 2.24) is 9.97 Å². The molecule has 0 bridgehead atoms. The van der Waals surface area contributed by atoms with Crippen LogP contribution in [0.15, 0.2) is 97.1 Å². The molecule has 19 heteroatoms. The molecule has 2 aliphatic heterocycles. The van der Waals surface area contributed by atoms with Gasteiger partial charge in [-0.2, -0.15) is 0 Å². The molecule has 8 rings (SSSR count). The minimum absolute atomic E-state index is 0.00770. The molecule has 77 heavy (non-hydrogen) atoms. The van der Waals surface area contributed by atoms with Crippen LogP contribution < -0.4 is 39.4 Å². The van der Waals surface area contributed by atoms with Gasteiger partial charge in [0.05, 0.1) is 47.4 Å². The number of esters is 1. The molecule has 4 heterocycles. The van der Waals surface area contributed by atoms with Crippen LogP contribution in [0.1, 0.15) is 114 Å². The van der Waals surface area contributed by atoms with Crippen LogP contribution in [-0.2, 0) is 19.1 Å². The number of ether oxygens (including phenoxy) is 5. The molecule has 4 aromatic carbocycles. The van der Waals surface area contributed by atoms with Gasteiger partial charge in [-0.1, -0.05) is 60.8 Å². The summed E-state index contributed by atoms with van der Waals surface area (Å²) >= 11 is 2.26. The first-order chi connectivity index (χ1) is 37.1. The Balaban J connectivity index is 0.000000224. The number of amides is 2. The number of hydrogen-bond donors (Lipinski definition) is 3. The van der Waals surface area contributed by atoms with Crippen LogP contribution in [0.25, 0.3) is 0 Å². The number of carbonyl (C=O) groups is 5. The number of anilines is 4. The average Bonchev–Trinajstić information content (AvgIpc) is 4.26. The number of thiazole rings is 2. The summed E-state index contributed by atoms with van der Waals surface area (Å²) in [7, 11) is 0. The van der Waals surface area contributed by atoms with Gasteiger partial charge in [-0.3, -0.25) is 34.6 Å². The van der Waals surface area contributed by atoms with E-state index < -0.39 is 31.0 Å². The number of carbonyl (C=O) groups excluding carboxylic acids is 5. The van der Waals surface area contributed by atoms with E-state index in [2.05, 4.69) is 59.4 Å². The standard InChI is InChI=1S/C30H35N3O6S.C28H33N3O5S/c1-5-37-24-12-8-23(9-13-24)33-15-14-26(17-33)39-25-10-6-22(7-11-25)19(2)16-27(35)29-20(3)31-30(40-29)32-28(36)18-38-21(4)34;1-4-35-22-11-7-21(8-12-22)31-14-13-24(16-31)36-23-9-5-20(6-10-23)18(2)15-25(33)27-19(3)29-28(37-27)30-26(34)17-32/h6-13,19,26H,5,14-18H2,1-4H3,(H,31,32,36);5-12,18,24,32H,4,13-17H2,1-3H3,(H,29,30,34)/t19-,26-;18-,24-/m11/s1. The highest BCUT2D eigenvalue weighted by molar-refractivity contribution is 7.18. The van der Waals surface area contributed by atoms with E-state index in [9.17, 15) is 24.0 Å². The summed E-state index contributed by atoms with van der Waals surface area (Å²) in [6, 6.07) is 32.2. The monoisotopic (exact) mass is 1090 g/mol. The molecule has 2 aliphatic rings. The number of aryl methyl sites for hydroxylation is 2. The van der Waals surface area contributed by atoms with Gasteiger partial charge in [-0.15, -0.1) is 0 Å². The first-order valence-electron chi connectivity index (χ1n) is 25.9. The molecule has 3 N–H and O–H groups in total. The topological polar surface area (TPSA) is 208 Å². The zero-order chi connectivity index (χ0) is 55.0. The molecule has 0 unspecified atom stereocenters. The molecular weight excluding hydrogens is 1020 g/mol. The lowest BCUT2D eigenvalue weighted by molar-refractivity contribution is -0.144. The van der Waals surface area contributed by atoms with Gasteiger partial charge in [0, 0.05) is 57.1 Å². The van der Waals surface area contributed by atoms with Gasteiger partial charge >= 0.3 is 5.97 Å². The summed E-state index contributed by atoms with van der Waals surface area (Å²) in [5, 5.41) is 14.6. The van der Waals surface area contributed by atoms with Crippen molar-refractivity contribution in [3.05, 3.63) is 129 Å². The van der Waals surface area contributed by atoms with Crippen molar-refractivity contribution in [2.24, 2.45) is 0 Å². The largest absolute Gasteiger partial charge is 0.494 e. The Hall–Kier alpha value is -7.35. The lowest BCUT2D eigenvalue weighted by atomic mass is 9.95. The molecule has 6 aromatic rings. The summed E-state index contributed by atoms with van der Waals surface area (Å²) in [4.78, 5) is 74.2. The quantitative estimate of drug-likeness (QED) is 0.0403. The summed E-state index contributed by atoms with van der Waals surface area (Å²) in [6.07, 6.45) is 2.76. The molecule has 0 spiro atoms. The third kappa shape index (κ3) is 16.6. The van der Waals surface area contributed by atoms with Crippen molar-refractivity contribution >= 4 is 73.7 Å². The number of nitrogens with one attached hydrogen (secondary N) is 2. The third-order valence-electron chi connectivity index (χ3n) is 12.9. The molecule has 2 aromatic heterocycles. The first kappa shape index (κ1) is 57.4. The molecule has 2 saturated heterocycles. The van der Waals surface area contributed by atoms with E-state index in [1.54, 1.807) is 13.8 Å². The van der Waals surface area contributed by atoms with E-state index in [0.29, 0.717) is 57.5 Å². The Labute approximate surface area is 457 Å². The highest BCUT2D eigenvalue weighted by Gasteiger charge is 2.27. The fourth-order valence-corrected chi connectivity index (χ4v) is 10.8. The number of aliphatic hydroxyl groups excluding tert-OH is 1. The number of nitrogens with zero attached hydrogens (tertiary/aromatic N) is 4. The number of hydrogen-bond acceptors (Lipinski definition) is 17. The maximum absolute atomic E-state index is 13.0. The second-order valence-electron chi connectivity index (χ2n) is 18.9. The zero-order valence-corrected chi connectivity index (χ0v) is 46.3. The predicted molar refractivity (Wildman–Crippen MR) is 300 cm³/mol. The minimum atomic E-state index is -0.625. The fraction of sp³-hybridized carbons (Fsp3) is 0.397. The van der Waals surface area contributed by atoms with E-state index in [0.717, 1.165) is 102 Å². The van der Waals surface area contributed by atoms with Crippen LogP contribution in [-0.4, -0.2) is 109 Å². The van der Waals surface area contributed by atoms with Crippen LogP contribution >= 0.6 is 22.7 Å². The summed E-state index contributed by atoms with van der Waals surface area (Å²) in [5.74, 6) is 1.75. The molecule has 17 nitrogen and oxygen atoms in total. The van der Waals surface area contributed by atoms with Crippen LogP contribution in [0.4, 0.5) is 21.6 Å². The van der Waals surface area contributed by atoms with Crippen LogP contribution in [0.3, 0.4) is 0 Å². The molecular formula is C58H68N6O11S2. The van der Waals surface area contributed by atoms with Crippen LogP contribution in [0, 0.1) is 13.8 Å². The third-order valence-corrected chi connectivity index (χ3v) is 15.2. The van der Waals surface area contributed by atoms with Crippen molar-refractivity contribution in [2.45, 2.75) is 98.2 Å². The van der Waals surface area contributed by atoms with E-state index in [1.165, 1.54) is 12.6 Å². The van der Waals surface area contributed by atoms with E-state index >= 15 is 0 Å². The average molecular weight is 1090 g/mol. The van der Waals surface area contributed by atoms with Gasteiger partial charge in [-0.05, 0) is 123 Å². The maximum atomic E-state index is 13.0. The lowest BCUT2D eigenvalue weighted by Gasteiger charge is -2.20. The van der Waals surface area contributed by atoms with E-state index in [4.69, 9.17) is 24.1 Å². The van der Waals surface area contributed by atoms with Gasteiger partial charge < -0.3 is 38.6 Å². The van der Waals surface area contributed by atoms with Crippen molar-refractivity contribution in [3.8, 4) is 23.0 Å². The van der Waals surface area contributed by atoms with E-state index in [-0.39, 0.29) is 35.6 Å². The number of aliphatic hydroxyl groups is 1. The van der Waals surface area contributed by atoms with Crippen molar-refractivity contribution in [2.75, 3.05) is 73.0 Å². The fourth-order valence-electron chi connectivity index (χ4n) is 8.97. The number of ketones is 2. The van der Waals surface area contributed by atoms with Crippen molar-refractivity contribution in [3.63, 3.8) is 0 Å². The minimum Gasteiger partial charge on any atom is -0.494 e. The number of Topliss-reactive ketones (excluding diaryl/α,β-unsaturated/α-hetero) is 2. The number of aromatic nitrogens is 2. The van der Waals surface area contributed by atoms with Crippen LogP contribution in [0.5, 0.6) is 23.0 Å². The van der Waals surface area contributed by atoms with Crippen molar-refractivity contribution in [1.29, 1.82) is 0 Å². The molecule has 0 aliphatic carbocycles. The highest BCUT2D eigenvalue weighted by Crippen LogP contribution is 2.33. The summed E-state index contributed by atoms with van der Waals surface area (Å²) in [5.41, 5.74) is 5.57. The van der Waals surface area contributed by atoms with Gasteiger partial charge in [-0.25, -0.2) is 9.97 Å². The number of rotatable bonds is 23. The Kier molecular flexibility index (Phi) is 20.6. The second kappa shape index (κ2) is 27.6. The van der Waals surface area contributed by atoms with Gasteiger partial charge in [0.1, 0.15) is 41.8 Å². The molecule has 4 atom stereocenters. The zero-order valence-electron chi connectivity index (χ0n) is 44.7. The normalized spacial score (nSPS) is 15.6. The molecule has 0 radical (unpaired) electrons. The van der Waals surface area contributed by atoms with Crippen LogP contribution in [0.2, 0.25) is 0 Å². The van der Waals surface area contributed by atoms with E-state index in [1.807, 2.05) is 100 Å². The maximum Gasteiger partial charge on any atom is 0.303 e. The molecule has 2 amide bonds. The van der Waals surface area contributed by atoms with Gasteiger partial charge in [0.15, 0.2) is 28.4 Å². The molecule has 408 valence electrons. The molecule has 0 saturated carbocycles. The summed E-state index contributed by atoms with van der Waals surface area (Å²) < 4.78 is 28.2. The van der Waals surface area contributed by atoms with Crippen molar-refractivity contribution < 1.29 is 52.8 Å². The Morgan fingerprint density at radius 1 is 0.610 bits per heavy atom.